The predicted octanol–water partition coefficient (Wildman–Crippen LogP) is 11.4. The smallest absolute Gasteiger partial charge is 0.270 e. The van der Waals surface area contributed by atoms with Gasteiger partial charge in [-0.25, -0.2) is 39.6 Å². The number of allylic oxidation sites excluding steroid dienone is 2. The molecule has 0 saturated heterocycles. The summed E-state index contributed by atoms with van der Waals surface area (Å²) in [5.74, 6) is 0.215. The molecule has 6 aromatic heterocycles. The zero-order valence-electron chi connectivity index (χ0n) is 45.6. The molecule has 9 N–H and O–H groups in total. The number of benzene rings is 2. The van der Waals surface area contributed by atoms with Gasteiger partial charge in [0.1, 0.15) is 11.4 Å². The number of nitrogens with zero attached hydrogens (tertiary/aromatic N) is 9. The highest BCUT2D eigenvalue weighted by Gasteiger charge is 2.27. The zero-order valence-corrected chi connectivity index (χ0v) is 47.9. The normalized spacial score (nSPS) is 16.4. The number of carbonyl (C=O) groups is 4. The number of H-pyrrole nitrogens is 2. The molecule has 2 aromatic carbocycles. The summed E-state index contributed by atoms with van der Waals surface area (Å²) < 4.78 is 0. The van der Waals surface area contributed by atoms with Gasteiger partial charge in [-0.1, -0.05) is 71.9 Å². The average Bonchev–Trinajstić information content (AvgIpc) is 4.24. The number of pyridine rings is 2. The van der Waals surface area contributed by atoms with Gasteiger partial charge in [-0.15, -0.1) is 0 Å². The van der Waals surface area contributed by atoms with E-state index in [1.807, 2.05) is 79.9 Å². The van der Waals surface area contributed by atoms with Crippen LogP contribution in [-0.4, -0.2) is 118 Å². The fourth-order valence-electron chi connectivity index (χ4n) is 9.61. The number of carbonyl (C=O) groups excluding carboxylic acids is 4. The summed E-state index contributed by atoms with van der Waals surface area (Å²) in [5, 5.41) is 18.0. The molecule has 2 aliphatic rings. The second-order valence-corrected chi connectivity index (χ2v) is 20.9. The Labute approximate surface area is 500 Å². The number of aromatic amines is 2. The summed E-state index contributed by atoms with van der Waals surface area (Å²) >= 11 is 7.99. The number of aromatic nitrogens is 8. The number of halogens is 2. The first-order valence-electron chi connectivity index (χ1n) is 26.8. The van der Waals surface area contributed by atoms with Gasteiger partial charge in [0, 0.05) is 99.8 Å². The SMILES string of the molecule is C.O=C(Cl)/C=C/CBr.[C-]#[N+]c1cnc(N[C@@H]2CCC[C@H](NC(=O)c3ccc(N)cn3)C2)nc1-c1c[nH]c2ccccc12.[C-]#[N+]c1cnc(N[C@@H]2CCC[C@H](NC(=O)c3ccc(NC(=O)/C=C/CN(C)C)cn3)C2)nc1-c1c[nH]c2ccccc12. The Morgan fingerprint density at radius 3 is 1.62 bits per heavy atom. The Bertz CT molecular complexity index is 3700. The van der Waals surface area contributed by atoms with Crippen LogP contribution >= 0.6 is 27.5 Å². The van der Waals surface area contributed by atoms with Crippen molar-refractivity contribution in [1.82, 2.24) is 55.4 Å². The Balaban J connectivity index is 0.000000217. The van der Waals surface area contributed by atoms with Gasteiger partial charge >= 0.3 is 0 Å². The molecule has 0 bridgehead atoms. The minimum atomic E-state index is -0.431. The molecule has 6 heterocycles. The average molecular weight is 1220 g/mol. The molecule has 0 radical (unpaired) electrons. The number of hydrogen-bond donors (Lipinski definition) is 8. The summed E-state index contributed by atoms with van der Waals surface area (Å²) in [6, 6.07) is 22.6. The molecule has 4 atom stereocenters. The molecule has 432 valence electrons. The van der Waals surface area contributed by atoms with Crippen molar-refractivity contribution in [2.75, 3.05) is 47.7 Å². The first-order chi connectivity index (χ1) is 40.3. The van der Waals surface area contributed by atoms with Crippen molar-refractivity contribution >= 4 is 107 Å². The number of alkyl halides is 1. The minimum absolute atomic E-state index is 0. The van der Waals surface area contributed by atoms with Crippen molar-refractivity contribution in [3.05, 3.63) is 169 Å². The van der Waals surface area contributed by atoms with E-state index in [4.69, 9.17) is 40.4 Å². The quantitative estimate of drug-likeness (QED) is 0.0193. The number of likely N-dealkylation sites (N-methyl/N-ethyl adjacent to an activating group) is 1. The molecule has 10 rings (SSSR count). The van der Waals surface area contributed by atoms with Crippen LogP contribution in [0.3, 0.4) is 0 Å². The van der Waals surface area contributed by atoms with Crippen molar-refractivity contribution in [3.63, 3.8) is 0 Å². The van der Waals surface area contributed by atoms with E-state index in [1.165, 1.54) is 24.5 Å². The van der Waals surface area contributed by atoms with Crippen LogP contribution in [0, 0.1) is 13.1 Å². The maximum Gasteiger partial charge on any atom is 0.270 e. The molecular weight excluding hydrogens is 1150 g/mol. The van der Waals surface area contributed by atoms with E-state index >= 15 is 0 Å². The lowest BCUT2D eigenvalue weighted by molar-refractivity contribution is -0.112. The molecule has 23 heteroatoms. The number of fused-ring (bicyclic) bond motifs is 2. The highest BCUT2D eigenvalue weighted by molar-refractivity contribution is 9.09. The molecule has 8 aromatic rings. The zero-order chi connectivity index (χ0) is 58.7. The van der Waals surface area contributed by atoms with E-state index in [0.717, 1.165) is 77.9 Å². The van der Waals surface area contributed by atoms with E-state index in [1.54, 1.807) is 48.8 Å². The van der Waals surface area contributed by atoms with Crippen molar-refractivity contribution in [3.8, 4) is 22.5 Å². The van der Waals surface area contributed by atoms with Gasteiger partial charge in [-0.3, -0.25) is 19.2 Å². The number of para-hydroxylation sites is 2. The number of anilines is 4. The van der Waals surface area contributed by atoms with E-state index in [2.05, 4.69) is 82.1 Å². The van der Waals surface area contributed by atoms with Crippen LogP contribution in [0.15, 0.2) is 134 Å². The number of nitrogens with two attached hydrogens (primary N) is 1. The van der Waals surface area contributed by atoms with Crippen molar-refractivity contribution < 1.29 is 19.2 Å². The summed E-state index contributed by atoms with van der Waals surface area (Å²) in [7, 11) is 3.85. The monoisotopic (exact) mass is 1210 g/mol. The molecule has 0 aliphatic heterocycles. The Morgan fingerprint density at radius 1 is 0.679 bits per heavy atom. The van der Waals surface area contributed by atoms with Gasteiger partial charge in [0.25, 0.3) is 11.8 Å². The highest BCUT2D eigenvalue weighted by Crippen LogP contribution is 2.36. The summed E-state index contributed by atoms with van der Waals surface area (Å²) in [6.07, 6.45) is 23.0. The Hall–Kier alpha value is -9.35. The highest BCUT2D eigenvalue weighted by atomic mass is 79.9. The lowest BCUT2D eigenvalue weighted by atomic mass is 9.91. The largest absolute Gasteiger partial charge is 0.397 e. The summed E-state index contributed by atoms with van der Waals surface area (Å²) in [6.45, 7) is 15.8. The Kier molecular flexibility index (Phi) is 22.7. The summed E-state index contributed by atoms with van der Waals surface area (Å²) in [4.78, 5) is 89.6. The summed E-state index contributed by atoms with van der Waals surface area (Å²) in [5.41, 5.74) is 13.0. The third-order valence-corrected chi connectivity index (χ3v) is 14.0. The van der Waals surface area contributed by atoms with E-state index in [0.29, 0.717) is 70.0 Å². The van der Waals surface area contributed by atoms with Crippen LogP contribution in [0.5, 0.6) is 0 Å². The molecule has 2 fully saturated rings. The van der Waals surface area contributed by atoms with Crippen LogP contribution in [0.1, 0.15) is 79.8 Å². The number of nitrogen functional groups attached to an aromatic ring is 1. The standard InChI is InChI=1S/C31H33N9O2.C25H24N8O.C4H4BrClO.CH4/c1-32-27-19-35-31(39-29(27)24-18-34-25-11-5-4-10-23(24)25)38-21-9-6-8-20(16-21)37-30(42)26-14-13-22(17-33-26)36-28(41)12-7-15-40(2)3;1-27-22-14-30-25(33-23(22)19-13-29-20-8-3-2-7-18(19)20)32-17-6-4-5-16(11-17)31-24(34)21-10-9-15(26)12-28-21;5-3-1-2-4(6)7;/h4-5,7,10-14,17-21,34H,6,8-9,15-16H2,2-3H3,(H,36,41)(H,37,42)(H,35,38,39);2-3,7-10,12-14,16-17,29H,4-6,11,26H2,(H,31,34)(H,30,32,33);1-2H,3H2;1H4/b12-7+;;2-1+;/t20-,21+;16-,17+;;/m00../s1. The molecule has 3 amide bonds. The molecule has 21 nitrogen and oxygen atoms in total. The second-order valence-electron chi connectivity index (χ2n) is 19.9. The molecule has 2 saturated carbocycles. The molecular formula is C61H65BrClN17O4. The van der Waals surface area contributed by atoms with Crippen molar-refractivity contribution in [2.24, 2.45) is 0 Å². The minimum Gasteiger partial charge on any atom is -0.397 e. The maximum atomic E-state index is 12.9. The van der Waals surface area contributed by atoms with Gasteiger partial charge in [0.2, 0.25) is 34.4 Å². The van der Waals surface area contributed by atoms with Crippen molar-refractivity contribution in [1.29, 1.82) is 0 Å². The molecule has 84 heavy (non-hydrogen) atoms. The van der Waals surface area contributed by atoms with E-state index in [-0.39, 0.29) is 55.0 Å². The number of hydrogen-bond acceptors (Lipinski definition) is 14. The van der Waals surface area contributed by atoms with Crippen LogP contribution in [0.2, 0.25) is 0 Å². The second kappa shape index (κ2) is 30.6. The lowest BCUT2D eigenvalue weighted by Gasteiger charge is -2.30. The molecule has 0 unspecified atom stereocenters. The predicted molar refractivity (Wildman–Crippen MR) is 335 cm³/mol. The van der Waals surface area contributed by atoms with Gasteiger partial charge in [-0.05, 0) is 120 Å². The third-order valence-electron chi connectivity index (χ3n) is 13.5. The van der Waals surface area contributed by atoms with Crippen LogP contribution in [-0.2, 0) is 9.59 Å². The third kappa shape index (κ3) is 17.3. The van der Waals surface area contributed by atoms with Gasteiger partial charge in [0.05, 0.1) is 48.3 Å². The van der Waals surface area contributed by atoms with Crippen LogP contribution in [0.4, 0.5) is 34.6 Å². The lowest BCUT2D eigenvalue weighted by Crippen LogP contribution is -2.42. The maximum absolute atomic E-state index is 12.9. The van der Waals surface area contributed by atoms with Crippen LogP contribution in [0.25, 0.3) is 54.0 Å². The first kappa shape index (κ1) is 62.3. The fourth-order valence-corrected chi connectivity index (χ4v) is 9.88. The molecule has 2 aliphatic carbocycles. The van der Waals surface area contributed by atoms with Gasteiger partial charge < -0.3 is 47.2 Å². The van der Waals surface area contributed by atoms with E-state index < -0.39 is 5.24 Å². The van der Waals surface area contributed by atoms with Gasteiger partial charge in [-0.2, -0.15) is 0 Å². The van der Waals surface area contributed by atoms with Crippen molar-refractivity contribution in [2.45, 2.75) is 83.0 Å². The fraction of sp³-hybridized carbons (Fsp3) is 0.279. The number of nitrogens with one attached hydrogen (secondary N) is 7. The number of rotatable bonds is 16. The Morgan fingerprint density at radius 2 is 1.18 bits per heavy atom. The van der Waals surface area contributed by atoms with Crippen LogP contribution < -0.4 is 32.3 Å². The van der Waals surface area contributed by atoms with Gasteiger partial charge in [0.15, 0.2) is 0 Å². The van der Waals surface area contributed by atoms with E-state index in [9.17, 15) is 19.2 Å². The molecule has 0 spiro atoms. The topological polar surface area (TPSA) is 275 Å². The first-order valence-corrected chi connectivity index (χ1v) is 28.3. The number of amides is 3.